The molecule has 0 aliphatic rings. The van der Waals surface area contributed by atoms with E-state index >= 15 is 0 Å². The van der Waals surface area contributed by atoms with Crippen LogP contribution in [0.4, 0.5) is 10.1 Å². The van der Waals surface area contributed by atoms with Crippen LogP contribution >= 0.6 is 0 Å². The van der Waals surface area contributed by atoms with Crippen molar-refractivity contribution in [1.82, 2.24) is 5.32 Å². The molecule has 1 aromatic carbocycles. The number of ether oxygens (including phenoxy) is 1. The zero-order valence-corrected chi connectivity index (χ0v) is 10.8. The Balaban J connectivity index is 2.66. The van der Waals surface area contributed by atoms with E-state index in [0.717, 1.165) is 18.2 Å². The van der Waals surface area contributed by atoms with E-state index < -0.39 is 28.4 Å². The molecule has 1 rings (SSSR count). The number of nitrogens with zero attached hydrogens (tertiary/aromatic N) is 1. The van der Waals surface area contributed by atoms with Gasteiger partial charge >= 0.3 is 11.7 Å². The maximum atomic E-state index is 12.9. The summed E-state index contributed by atoms with van der Waals surface area (Å²) in [4.78, 5) is 20.9. The Morgan fingerprint density at radius 1 is 1.60 bits per heavy atom. The molecule has 110 valence electrons. The normalized spacial score (nSPS) is 11.9. The van der Waals surface area contributed by atoms with Crippen LogP contribution in [0.5, 0.6) is 5.75 Å². The van der Waals surface area contributed by atoms with Crippen LogP contribution in [0.1, 0.15) is 13.3 Å². The first-order valence-electron chi connectivity index (χ1n) is 5.98. The van der Waals surface area contributed by atoms with Crippen molar-refractivity contribution >= 4 is 11.7 Å². The molecule has 7 nitrogen and oxygen atoms in total. The lowest BCUT2D eigenvalue weighted by molar-refractivity contribution is -0.386. The van der Waals surface area contributed by atoms with Crippen LogP contribution in [-0.4, -0.2) is 35.2 Å². The maximum absolute atomic E-state index is 12.9. The largest absolute Gasteiger partial charge is 0.487 e. The lowest BCUT2D eigenvalue weighted by atomic mass is 10.2. The van der Waals surface area contributed by atoms with Crippen molar-refractivity contribution in [3.05, 3.63) is 34.1 Å². The van der Waals surface area contributed by atoms with Gasteiger partial charge in [0.2, 0.25) is 0 Å². The molecule has 0 fully saturated rings. The molecule has 0 saturated heterocycles. The number of aliphatic carboxylic acids is 1. The summed E-state index contributed by atoms with van der Waals surface area (Å²) in [7, 11) is 0. The molecule has 8 heteroatoms. The van der Waals surface area contributed by atoms with E-state index in [4.69, 9.17) is 9.84 Å². The van der Waals surface area contributed by atoms with E-state index in [9.17, 15) is 19.3 Å². The summed E-state index contributed by atoms with van der Waals surface area (Å²) >= 11 is 0. The molecule has 2 N–H and O–H groups in total. The molecule has 0 bridgehead atoms. The summed E-state index contributed by atoms with van der Waals surface area (Å²) in [6.45, 7) is 2.21. The minimum absolute atomic E-state index is 0.0313. The van der Waals surface area contributed by atoms with Crippen molar-refractivity contribution < 1.29 is 24.0 Å². The Hall–Kier alpha value is -2.22. The quantitative estimate of drug-likeness (QED) is 0.555. The van der Waals surface area contributed by atoms with Gasteiger partial charge in [-0.15, -0.1) is 0 Å². The van der Waals surface area contributed by atoms with Crippen LogP contribution in [0, 0.1) is 15.9 Å². The van der Waals surface area contributed by atoms with Crippen molar-refractivity contribution in [2.75, 3.05) is 13.2 Å². The average Bonchev–Trinajstić information content (AvgIpc) is 2.38. The minimum atomic E-state index is -1.02. The first-order valence-corrected chi connectivity index (χ1v) is 5.98. The van der Waals surface area contributed by atoms with E-state index in [1.54, 1.807) is 6.92 Å². The molecule has 1 atom stereocenters. The summed E-state index contributed by atoms with van der Waals surface area (Å²) < 4.78 is 18.1. The number of carbonyl (C=O) groups is 1. The van der Waals surface area contributed by atoms with Crippen LogP contribution < -0.4 is 10.1 Å². The number of hydrogen-bond acceptors (Lipinski definition) is 5. The molecule has 0 amide bonds. The second-order valence-electron chi connectivity index (χ2n) is 3.95. The predicted molar refractivity (Wildman–Crippen MR) is 68.3 cm³/mol. The molecule has 0 aliphatic heterocycles. The van der Waals surface area contributed by atoms with Gasteiger partial charge in [-0.05, 0) is 18.7 Å². The van der Waals surface area contributed by atoms with E-state index in [0.29, 0.717) is 6.54 Å². The third-order valence-corrected chi connectivity index (χ3v) is 2.53. The summed E-state index contributed by atoms with van der Waals surface area (Å²) in [5.41, 5.74) is -0.486. The van der Waals surface area contributed by atoms with Crippen molar-refractivity contribution in [2.45, 2.75) is 19.4 Å². The highest BCUT2D eigenvalue weighted by molar-refractivity contribution is 5.73. The number of nitro groups is 1. The molecule has 0 saturated carbocycles. The van der Waals surface area contributed by atoms with Gasteiger partial charge in [0.1, 0.15) is 11.9 Å². The number of nitrogens with one attached hydrogen (secondary N) is 1. The van der Waals surface area contributed by atoms with Gasteiger partial charge in [-0.25, -0.2) is 4.39 Å². The zero-order valence-electron chi connectivity index (χ0n) is 10.8. The Bertz CT molecular complexity index is 495. The number of carboxylic acids is 1. The molecule has 1 aromatic rings. The fourth-order valence-corrected chi connectivity index (χ4v) is 1.60. The van der Waals surface area contributed by atoms with Crippen LogP contribution in [0.2, 0.25) is 0 Å². The number of nitro benzene ring substituents is 1. The van der Waals surface area contributed by atoms with Gasteiger partial charge in [0, 0.05) is 6.42 Å². The lowest BCUT2D eigenvalue weighted by Crippen LogP contribution is -2.37. The number of hydrogen-bond donors (Lipinski definition) is 2. The topological polar surface area (TPSA) is 102 Å². The molecule has 0 radical (unpaired) electrons. The van der Waals surface area contributed by atoms with Crippen LogP contribution in [0.15, 0.2) is 18.2 Å². The highest BCUT2D eigenvalue weighted by Crippen LogP contribution is 2.27. The standard InChI is InChI=1S/C12H15FN2O5/c1-2-14-9(12(16)17)5-6-20-11-4-3-8(13)7-10(11)15(18)19/h3-4,7,9,14H,2,5-6H2,1H3,(H,16,17). The van der Waals surface area contributed by atoms with Gasteiger partial charge in [-0.1, -0.05) is 6.92 Å². The van der Waals surface area contributed by atoms with Gasteiger partial charge in [0.15, 0.2) is 5.75 Å². The molecular formula is C12H15FN2O5. The summed E-state index contributed by atoms with van der Waals surface area (Å²) in [6, 6.07) is 2.16. The smallest absolute Gasteiger partial charge is 0.320 e. The highest BCUT2D eigenvalue weighted by Gasteiger charge is 2.19. The predicted octanol–water partition coefficient (Wildman–Crippen LogP) is 1.57. The number of carboxylic acid groups (broad SMARTS) is 1. The fourth-order valence-electron chi connectivity index (χ4n) is 1.60. The number of likely N-dealkylation sites (N-methyl/N-ethyl adjacent to an activating group) is 1. The third kappa shape index (κ3) is 4.47. The zero-order chi connectivity index (χ0) is 15.1. The molecule has 0 aromatic heterocycles. The first kappa shape index (κ1) is 15.8. The first-order chi connectivity index (χ1) is 9.45. The second-order valence-corrected chi connectivity index (χ2v) is 3.95. The molecule has 20 heavy (non-hydrogen) atoms. The van der Waals surface area contributed by atoms with Crippen molar-refractivity contribution in [3.8, 4) is 5.75 Å². The molecule has 0 spiro atoms. The van der Waals surface area contributed by atoms with Crippen LogP contribution in [0.3, 0.4) is 0 Å². The highest BCUT2D eigenvalue weighted by atomic mass is 19.1. The van der Waals surface area contributed by atoms with E-state index in [-0.39, 0.29) is 18.8 Å². The van der Waals surface area contributed by atoms with Gasteiger partial charge in [0.05, 0.1) is 17.6 Å². The monoisotopic (exact) mass is 286 g/mol. The lowest BCUT2D eigenvalue weighted by Gasteiger charge is -2.13. The Morgan fingerprint density at radius 3 is 2.85 bits per heavy atom. The van der Waals surface area contributed by atoms with Gasteiger partial charge in [-0.3, -0.25) is 14.9 Å². The summed E-state index contributed by atoms with van der Waals surface area (Å²) in [5, 5.41) is 22.4. The molecule has 1 unspecified atom stereocenters. The van der Waals surface area contributed by atoms with Crippen molar-refractivity contribution in [3.63, 3.8) is 0 Å². The summed E-state index contributed by atoms with van der Waals surface area (Å²) in [5.74, 6) is -1.85. The SMILES string of the molecule is CCNC(CCOc1ccc(F)cc1[N+](=O)[O-])C(=O)O. The Kier molecular flexibility index (Phi) is 5.85. The van der Waals surface area contributed by atoms with Gasteiger partial charge in [0.25, 0.3) is 0 Å². The third-order valence-electron chi connectivity index (χ3n) is 2.53. The molecule has 0 aliphatic carbocycles. The summed E-state index contributed by atoms with van der Waals surface area (Å²) in [6.07, 6.45) is 0.137. The number of rotatable bonds is 8. The van der Waals surface area contributed by atoms with E-state index in [1.165, 1.54) is 0 Å². The minimum Gasteiger partial charge on any atom is -0.487 e. The van der Waals surface area contributed by atoms with Crippen molar-refractivity contribution in [1.29, 1.82) is 0 Å². The van der Waals surface area contributed by atoms with E-state index in [1.807, 2.05) is 0 Å². The average molecular weight is 286 g/mol. The van der Waals surface area contributed by atoms with Crippen molar-refractivity contribution in [2.24, 2.45) is 0 Å². The molecular weight excluding hydrogens is 271 g/mol. The number of benzene rings is 1. The van der Waals surface area contributed by atoms with E-state index in [2.05, 4.69) is 5.32 Å². The Labute approximate surface area is 114 Å². The van der Waals surface area contributed by atoms with Gasteiger partial charge in [-0.2, -0.15) is 0 Å². The number of halogens is 1. The fraction of sp³-hybridized carbons (Fsp3) is 0.417. The molecule has 0 heterocycles. The van der Waals surface area contributed by atoms with Crippen LogP contribution in [-0.2, 0) is 4.79 Å². The maximum Gasteiger partial charge on any atom is 0.320 e. The van der Waals surface area contributed by atoms with Crippen LogP contribution in [0.25, 0.3) is 0 Å². The Morgan fingerprint density at radius 2 is 2.30 bits per heavy atom. The second kappa shape index (κ2) is 7.39. The van der Waals surface area contributed by atoms with Gasteiger partial charge < -0.3 is 15.2 Å².